The van der Waals surface area contributed by atoms with Gasteiger partial charge in [0.1, 0.15) is 17.3 Å². The molecule has 1 amide bonds. The molecule has 3 aromatic heterocycles. The number of hydrogen-bond acceptors (Lipinski definition) is 6. The quantitative estimate of drug-likeness (QED) is 0.474. The zero-order chi connectivity index (χ0) is 24.3. The molecule has 4 aromatic rings. The number of ether oxygens (including phenoxy) is 1. The summed E-state index contributed by atoms with van der Waals surface area (Å²) in [6.07, 6.45) is 4.22. The van der Waals surface area contributed by atoms with Crippen LogP contribution in [0.5, 0.6) is 5.75 Å². The molecule has 0 unspecified atom stereocenters. The van der Waals surface area contributed by atoms with Gasteiger partial charge < -0.3 is 28.9 Å². The summed E-state index contributed by atoms with van der Waals surface area (Å²) < 4.78 is 15.7. The van der Waals surface area contributed by atoms with Crippen LogP contribution in [0.15, 0.2) is 28.7 Å². The molecule has 9 heteroatoms. The number of methoxy groups -OCH3 is 1. The minimum Gasteiger partial charge on any atom is -0.494 e. The van der Waals surface area contributed by atoms with E-state index >= 15 is 0 Å². The first-order valence-electron chi connectivity index (χ1n) is 12.1. The van der Waals surface area contributed by atoms with E-state index in [9.17, 15) is 10.1 Å². The maximum Gasteiger partial charge on any atom is 0.254 e. The second-order valence-corrected chi connectivity index (χ2v) is 9.76. The number of benzene rings is 1. The fourth-order valence-corrected chi connectivity index (χ4v) is 5.22. The molecule has 6 rings (SSSR count). The minimum absolute atomic E-state index is 0.0128. The van der Waals surface area contributed by atoms with Gasteiger partial charge in [-0.05, 0) is 49.8 Å². The van der Waals surface area contributed by atoms with Crippen LogP contribution < -0.4 is 10.5 Å². The lowest BCUT2D eigenvalue weighted by Crippen LogP contribution is -2.45. The zero-order valence-corrected chi connectivity index (χ0v) is 20.0. The minimum atomic E-state index is -0.0498. The molecule has 1 saturated heterocycles. The Balaban J connectivity index is 1.47. The van der Waals surface area contributed by atoms with Gasteiger partial charge in [0, 0.05) is 49.7 Å². The van der Waals surface area contributed by atoms with E-state index < -0.39 is 0 Å². The van der Waals surface area contributed by atoms with E-state index in [2.05, 4.69) is 10.6 Å². The standard InChI is InChI=1S/C26H28N6O3/c1-30-23-20(9-16(11-22(23)34-2)25(33)31-7-3-4-18(28)14-31)29-24(30)21-10-17-8-19(12-27)35-26(17)32(21)13-15-5-6-15/h8-11,15,18H,3-7,13-14,28H2,1-2H3/t18-/m1/s1. The first-order chi connectivity index (χ1) is 17.0. The number of aryl methyl sites for hydroxylation is 1. The van der Waals surface area contributed by atoms with Gasteiger partial charge in [0.15, 0.2) is 5.82 Å². The fraction of sp³-hybridized carbons (Fsp3) is 0.423. The van der Waals surface area contributed by atoms with Crippen molar-refractivity contribution in [3.8, 4) is 23.3 Å². The smallest absolute Gasteiger partial charge is 0.254 e. The van der Waals surface area contributed by atoms with Crippen molar-refractivity contribution in [2.75, 3.05) is 20.2 Å². The highest BCUT2D eigenvalue weighted by atomic mass is 16.5. The van der Waals surface area contributed by atoms with Crippen LogP contribution in [0.25, 0.3) is 33.7 Å². The molecule has 35 heavy (non-hydrogen) atoms. The van der Waals surface area contributed by atoms with E-state index in [1.54, 1.807) is 19.2 Å². The molecule has 0 radical (unpaired) electrons. The summed E-state index contributed by atoms with van der Waals surface area (Å²) in [7, 11) is 3.56. The van der Waals surface area contributed by atoms with Crippen LogP contribution in [0, 0.1) is 17.2 Å². The van der Waals surface area contributed by atoms with Gasteiger partial charge >= 0.3 is 0 Å². The number of likely N-dealkylation sites (tertiary alicyclic amines) is 1. The van der Waals surface area contributed by atoms with Crippen molar-refractivity contribution in [2.24, 2.45) is 18.7 Å². The van der Waals surface area contributed by atoms with Gasteiger partial charge in [-0.25, -0.2) is 4.98 Å². The number of piperidine rings is 1. The third kappa shape index (κ3) is 3.65. The summed E-state index contributed by atoms with van der Waals surface area (Å²) in [4.78, 5) is 20.1. The topological polar surface area (TPSA) is 115 Å². The van der Waals surface area contributed by atoms with Crippen LogP contribution in [-0.4, -0.2) is 51.2 Å². The average molecular weight is 473 g/mol. The van der Waals surface area contributed by atoms with Gasteiger partial charge in [0.2, 0.25) is 11.5 Å². The highest BCUT2D eigenvalue weighted by Crippen LogP contribution is 2.38. The van der Waals surface area contributed by atoms with E-state index in [-0.39, 0.29) is 11.9 Å². The Morgan fingerprint density at radius 1 is 1.29 bits per heavy atom. The number of furan rings is 1. The van der Waals surface area contributed by atoms with Gasteiger partial charge in [0.25, 0.3) is 5.91 Å². The molecule has 0 spiro atoms. The van der Waals surface area contributed by atoms with Crippen LogP contribution in [0.2, 0.25) is 0 Å². The molecule has 2 N–H and O–H groups in total. The van der Waals surface area contributed by atoms with Gasteiger partial charge in [-0.3, -0.25) is 4.79 Å². The van der Waals surface area contributed by atoms with Crippen molar-refractivity contribution < 1.29 is 13.9 Å². The number of amides is 1. The number of aromatic nitrogens is 3. The number of carbonyl (C=O) groups excluding carboxylic acids is 1. The first kappa shape index (κ1) is 21.7. The van der Waals surface area contributed by atoms with Crippen LogP contribution in [0.3, 0.4) is 0 Å². The third-order valence-corrected chi connectivity index (χ3v) is 7.19. The Hall–Kier alpha value is -3.77. The van der Waals surface area contributed by atoms with Gasteiger partial charge in [-0.1, -0.05) is 0 Å². The Bertz CT molecular complexity index is 1500. The molecule has 4 heterocycles. The Morgan fingerprint density at radius 3 is 2.83 bits per heavy atom. The number of fused-ring (bicyclic) bond motifs is 2. The molecular weight excluding hydrogens is 444 g/mol. The predicted octanol–water partition coefficient (Wildman–Crippen LogP) is 3.64. The fourth-order valence-electron chi connectivity index (χ4n) is 5.22. The number of nitriles is 1. The lowest BCUT2D eigenvalue weighted by atomic mass is 10.0. The molecule has 2 fully saturated rings. The first-order valence-corrected chi connectivity index (χ1v) is 12.1. The van der Waals surface area contributed by atoms with Crippen LogP contribution in [0.4, 0.5) is 0 Å². The molecule has 1 aromatic carbocycles. The number of rotatable bonds is 5. The summed E-state index contributed by atoms with van der Waals surface area (Å²) in [6, 6.07) is 9.54. The molecular formula is C26H28N6O3. The largest absolute Gasteiger partial charge is 0.494 e. The maximum atomic E-state index is 13.3. The van der Waals surface area contributed by atoms with Crippen LogP contribution in [0.1, 0.15) is 41.8 Å². The summed E-state index contributed by atoms with van der Waals surface area (Å²) >= 11 is 0. The number of nitrogens with zero attached hydrogens (tertiary/aromatic N) is 5. The van der Waals surface area contributed by atoms with Crippen LogP contribution >= 0.6 is 0 Å². The highest BCUT2D eigenvalue weighted by molar-refractivity contribution is 6.00. The van der Waals surface area contributed by atoms with Crippen molar-refractivity contribution in [3.05, 3.63) is 35.6 Å². The van der Waals surface area contributed by atoms with E-state index in [1.165, 1.54) is 12.8 Å². The number of hydrogen-bond donors (Lipinski definition) is 1. The summed E-state index contributed by atoms with van der Waals surface area (Å²) in [5.74, 6) is 2.21. The van der Waals surface area contributed by atoms with Crippen molar-refractivity contribution >= 4 is 28.0 Å². The monoisotopic (exact) mass is 472 g/mol. The van der Waals surface area contributed by atoms with E-state index in [0.717, 1.165) is 41.8 Å². The molecule has 1 aliphatic carbocycles. The Kier molecular flexibility index (Phi) is 5.07. The van der Waals surface area contributed by atoms with Gasteiger partial charge in [-0.2, -0.15) is 5.26 Å². The molecule has 0 bridgehead atoms. The van der Waals surface area contributed by atoms with E-state index in [4.69, 9.17) is 19.9 Å². The second-order valence-electron chi connectivity index (χ2n) is 9.76. The van der Waals surface area contributed by atoms with Crippen LogP contribution in [-0.2, 0) is 13.6 Å². The lowest BCUT2D eigenvalue weighted by molar-refractivity contribution is 0.0708. The summed E-state index contributed by atoms with van der Waals surface area (Å²) in [5.41, 5.74) is 9.79. The summed E-state index contributed by atoms with van der Waals surface area (Å²) in [6.45, 7) is 2.08. The van der Waals surface area contributed by atoms with Gasteiger partial charge in [-0.15, -0.1) is 0 Å². The molecule has 180 valence electrons. The van der Waals surface area contributed by atoms with Crippen molar-refractivity contribution in [1.29, 1.82) is 5.26 Å². The number of nitrogens with two attached hydrogens (primary N) is 1. The highest BCUT2D eigenvalue weighted by Gasteiger charge is 2.28. The van der Waals surface area contributed by atoms with Crippen molar-refractivity contribution in [3.63, 3.8) is 0 Å². The number of carbonyl (C=O) groups is 1. The van der Waals surface area contributed by atoms with Crippen molar-refractivity contribution in [1.82, 2.24) is 19.0 Å². The Labute approximate surface area is 202 Å². The zero-order valence-electron chi connectivity index (χ0n) is 20.0. The van der Waals surface area contributed by atoms with E-state index in [0.29, 0.717) is 47.3 Å². The summed E-state index contributed by atoms with van der Waals surface area (Å²) in [5, 5.41) is 10.2. The number of imidazole rings is 1. The average Bonchev–Trinajstić information content (AvgIpc) is 3.37. The second kappa shape index (κ2) is 8.17. The third-order valence-electron chi connectivity index (χ3n) is 7.19. The molecule has 1 aliphatic heterocycles. The van der Waals surface area contributed by atoms with E-state index in [1.807, 2.05) is 28.6 Å². The normalized spacial score (nSPS) is 18.3. The van der Waals surface area contributed by atoms with Gasteiger partial charge in [0.05, 0.1) is 18.3 Å². The van der Waals surface area contributed by atoms with Crippen molar-refractivity contribution in [2.45, 2.75) is 38.3 Å². The molecule has 9 nitrogen and oxygen atoms in total. The molecule has 2 aliphatic rings. The molecule has 1 atom stereocenters. The molecule has 1 saturated carbocycles. The maximum absolute atomic E-state index is 13.3. The Morgan fingerprint density at radius 2 is 2.11 bits per heavy atom. The SMILES string of the molecule is COc1cc(C(=O)N2CCC[C@@H](N)C2)cc2nc(-c3cc4cc(C#N)oc4n3CC3CC3)n(C)c12. The predicted molar refractivity (Wildman–Crippen MR) is 131 cm³/mol. The lowest BCUT2D eigenvalue weighted by Gasteiger charge is -2.30.